The van der Waals surface area contributed by atoms with E-state index in [2.05, 4.69) is 20.7 Å². The fraction of sp³-hybridized carbons (Fsp3) is 0.917. The second-order valence-corrected chi connectivity index (χ2v) is 7.27. The first-order valence-corrected chi connectivity index (χ1v) is 7.97. The fourth-order valence-corrected chi connectivity index (χ4v) is 2.99. The highest BCUT2D eigenvalue weighted by Crippen LogP contribution is 2.56. The van der Waals surface area contributed by atoms with Gasteiger partial charge in [-0.1, -0.05) is 15.9 Å². The summed E-state index contributed by atoms with van der Waals surface area (Å²) in [5.74, 6) is -31.3. The van der Waals surface area contributed by atoms with Gasteiger partial charge in [-0.25, -0.2) is 18.0 Å². The number of rotatable bonds is 4. The summed E-state index contributed by atoms with van der Waals surface area (Å²) in [4.78, 5) is 8.74. The first kappa shape index (κ1) is 26.9. The van der Waals surface area contributed by atoms with E-state index >= 15 is 0 Å². The van der Waals surface area contributed by atoms with Gasteiger partial charge in [0.05, 0.1) is 11.2 Å². The monoisotopic (exact) mass is 546 g/mol. The second-order valence-electron chi connectivity index (χ2n) is 6.09. The van der Waals surface area contributed by atoms with Crippen molar-refractivity contribution in [3.05, 3.63) is 0 Å². The molecule has 1 rings (SSSR count). The zero-order chi connectivity index (χ0) is 24.4. The predicted molar refractivity (Wildman–Crippen MR) is 67.6 cm³/mol. The minimum Gasteiger partial charge on any atom is -0.456 e. The number of carbonyl (C=O) groups is 1. The minimum atomic E-state index is -7.50. The Balaban J connectivity index is 3.19. The first-order chi connectivity index (χ1) is 12.9. The van der Waals surface area contributed by atoms with Crippen molar-refractivity contribution in [1.29, 1.82) is 0 Å². The summed E-state index contributed by atoms with van der Waals surface area (Å²) in [6.07, 6.45) is -21.3. The van der Waals surface area contributed by atoms with Gasteiger partial charge in [0.1, 0.15) is 6.10 Å². The Morgan fingerprint density at radius 3 is 1.60 bits per heavy atom. The van der Waals surface area contributed by atoms with Gasteiger partial charge in [-0.2, -0.15) is 52.7 Å². The molecular formula is C12H6BrF15O2. The molecule has 0 N–H and O–H groups in total. The van der Waals surface area contributed by atoms with E-state index in [4.69, 9.17) is 0 Å². The van der Waals surface area contributed by atoms with Gasteiger partial charge in [0.15, 0.2) is 0 Å². The van der Waals surface area contributed by atoms with E-state index in [0.29, 0.717) is 0 Å². The zero-order valence-electron chi connectivity index (χ0n) is 13.4. The summed E-state index contributed by atoms with van der Waals surface area (Å²) in [6, 6.07) is 0. The average molecular weight is 547 g/mol. The average Bonchev–Trinajstić information content (AvgIpc) is 2.49. The van der Waals surface area contributed by atoms with Gasteiger partial charge in [-0.15, -0.1) is 0 Å². The van der Waals surface area contributed by atoms with Gasteiger partial charge < -0.3 is 4.74 Å². The van der Waals surface area contributed by atoms with Gasteiger partial charge in [0, 0.05) is 6.42 Å². The van der Waals surface area contributed by atoms with Gasteiger partial charge in [-0.3, -0.25) is 0 Å². The van der Waals surface area contributed by atoms with E-state index in [1.165, 1.54) is 0 Å². The maximum Gasteiger partial charge on any atom is 0.460 e. The molecule has 0 heterocycles. The quantitative estimate of drug-likeness (QED) is 0.252. The third-order valence-electron chi connectivity index (χ3n) is 4.03. The molecule has 18 heteroatoms. The Labute approximate surface area is 163 Å². The third kappa shape index (κ3) is 3.91. The summed E-state index contributed by atoms with van der Waals surface area (Å²) in [7, 11) is 0. The van der Waals surface area contributed by atoms with Gasteiger partial charge in [0.25, 0.3) is 11.6 Å². The summed E-state index contributed by atoms with van der Waals surface area (Å²) >= 11 is 2.08. The first-order valence-electron chi connectivity index (χ1n) is 7.05. The molecule has 0 saturated heterocycles. The van der Waals surface area contributed by atoms with Crippen LogP contribution in [-0.2, 0) is 9.53 Å². The van der Waals surface area contributed by atoms with Crippen LogP contribution in [0, 0.1) is 0 Å². The van der Waals surface area contributed by atoms with Crippen molar-refractivity contribution in [1.82, 2.24) is 0 Å². The van der Waals surface area contributed by atoms with Crippen LogP contribution in [0.4, 0.5) is 65.9 Å². The van der Waals surface area contributed by atoms with Crippen molar-refractivity contribution < 1.29 is 75.4 Å². The predicted octanol–water partition coefficient (Wildman–Crippen LogP) is 5.83. The van der Waals surface area contributed by atoms with E-state index in [1.54, 1.807) is 0 Å². The maximum atomic E-state index is 13.8. The molecule has 1 fully saturated rings. The molecule has 0 aromatic heterocycles. The number of hydrogen-bond donors (Lipinski definition) is 0. The molecule has 3 atom stereocenters. The lowest BCUT2D eigenvalue weighted by molar-refractivity contribution is -0.391. The largest absolute Gasteiger partial charge is 0.460 e. The van der Waals surface area contributed by atoms with Crippen LogP contribution in [0.3, 0.4) is 0 Å². The zero-order valence-corrected chi connectivity index (χ0v) is 15.0. The van der Waals surface area contributed by atoms with Crippen LogP contribution in [0.1, 0.15) is 12.8 Å². The van der Waals surface area contributed by atoms with Crippen LogP contribution >= 0.6 is 15.9 Å². The Morgan fingerprint density at radius 2 is 1.23 bits per heavy atom. The Bertz CT molecular complexity index is 670. The third-order valence-corrected chi connectivity index (χ3v) is 4.94. The highest BCUT2D eigenvalue weighted by molar-refractivity contribution is 9.09. The molecule has 0 amide bonds. The molecule has 0 spiro atoms. The van der Waals surface area contributed by atoms with E-state index in [9.17, 15) is 70.7 Å². The smallest absolute Gasteiger partial charge is 0.456 e. The lowest BCUT2D eigenvalue weighted by Gasteiger charge is -2.43. The number of halogens is 16. The number of esters is 1. The van der Waals surface area contributed by atoms with Crippen LogP contribution in [0.2, 0.25) is 0 Å². The highest BCUT2D eigenvalue weighted by Gasteiger charge is 2.84. The molecule has 178 valence electrons. The van der Waals surface area contributed by atoms with Gasteiger partial charge in [-0.05, 0) is 0 Å². The Kier molecular flexibility index (Phi) is 6.48. The molecule has 3 unspecified atom stereocenters. The van der Waals surface area contributed by atoms with Crippen molar-refractivity contribution in [2.75, 3.05) is 0 Å². The van der Waals surface area contributed by atoms with Crippen molar-refractivity contribution in [2.24, 2.45) is 0 Å². The highest BCUT2D eigenvalue weighted by atomic mass is 79.9. The molecule has 0 aliphatic heterocycles. The van der Waals surface area contributed by atoms with E-state index in [-0.39, 0.29) is 0 Å². The Hall–Kier alpha value is -1.10. The maximum absolute atomic E-state index is 13.8. The van der Waals surface area contributed by atoms with Gasteiger partial charge >= 0.3 is 36.1 Å². The molecule has 0 aromatic rings. The number of alkyl halides is 16. The Morgan fingerprint density at radius 1 is 0.800 bits per heavy atom. The number of ether oxygens (including phenoxy) is 1. The van der Waals surface area contributed by atoms with Crippen molar-refractivity contribution >= 4 is 21.9 Å². The van der Waals surface area contributed by atoms with Crippen LogP contribution in [0.5, 0.6) is 0 Å². The lowest BCUT2D eigenvalue weighted by Crippen LogP contribution is -2.65. The van der Waals surface area contributed by atoms with Crippen molar-refractivity contribution in [2.45, 2.75) is 65.5 Å². The second kappa shape index (κ2) is 7.21. The molecule has 0 bridgehead atoms. The SMILES string of the molecule is O=C(OC1CC(F)(F)C(F)(C(F)(F)F)CC1Br)C(F)(F)C(F)(F)C(F)(F)C(F)(F)F. The standard InChI is InChI=1S/C12H6BrF15O2/c13-3-1-6(14,11(23,24)25)7(15,16)2-4(3)30-5(29)8(17,18)9(19,20)10(21,22)12(26,27)28/h3-4H,1-2H2. The molecule has 30 heavy (non-hydrogen) atoms. The summed E-state index contributed by atoms with van der Waals surface area (Å²) < 4.78 is 196. The van der Waals surface area contributed by atoms with Crippen LogP contribution < -0.4 is 0 Å². The molecule has 2 nitrogen and oxygen atoms in total. The summed E-state index contributed by atoms with van der Waals surface area (Å²) in [5.41, 5.74) is -5.28. The molecule has 0 aromatic carbocycles. The van der Waals surface area contributed by atoms with Gasteiger partial charge in [0.2, 0.25) is 0 Å². The summed E-state index contributed by atoms with van der Waals surface area (Å²) in [6.45, 7) is 0. The topological polar surface area (TPSA) is 26.3 Å². The molecular weight excluding hydrogens is 541 g/mol. The van der Waals surface area contributed by atoms with Crippen molar-refractivity contribution in [3.8, 4) is 0 Å². The van der Waals surface area contributed by atoms with E-state index < -0.39 is 71.5 Å². The van der Waals surface area contributed by atoms with Crippen LogP contribution in [0.15, 0.2) is 0 Å². The minimum absolute atomic E-state index is 2.08. The lowest BCUT2D eigenvalue weighted by atomic mass is 9.80. The normalized spacial score (nSPS) is 28.9. The number of hydrogen-bond acceptors (Lipinski definition) is 2. The molecule has 1 saturated carbocycles. The molecule has 1 aliphatic carbocycles. The summed E-state index contributed by atoms with van der Waals surface area (Å²) in [5, 5.41) is 0. The van der Waals surface area contributed by atoms with E-state index in [0.717, 1.165) is 0 Å². The van der Waals surface area contributed by atoms with Crippen LogP contribution in [0.25, 0.3) is 0 Å². The molecule has 0 radical (unpaired) electrons. The number of carbonyl (C=O) groups excluding carboxylic acids is 1. The van der Waals surface area contributed by atoms with E-state index in [1.807, 2.05) is 0 Å². The fourth-order valence-electron chi connectivity index (χ4n) is 2.25. The van der Waals surface area contributed by atoms with Crippen LogP contribution in [-0.4, -0.2) is 58.6 Å². The van der Waals surface area contributed by atoms with Crippen molar-refractivity contribution in [3.63, 3.8) is 0 Å². The molecule has 1 aliphatic rings.